The predicted molar refractivity (Wildman–Crippen MR) is 76.1 cm³/mol. The second-order valence-corrected chi connectivity index (χ2v) is 5.20. The third-order valence-electron chi connectivity index (χ3n) is 3.81. The molecular formula is C15H14BFN2O. The van der Waals surface area contributed by atoms with Crippen LogP contribution in [0.3, 0.4) is 0 Å². The van der Waals surface area contributed by atoms with Crippen molar-refractivity contribution in [3.8, 4) is 0 Å². The van der Waals surface area contributed by atoms with Gasteiger partial charge in [-0.25, -0.2) is 9.49 Å². The van der Waals surface area contributed by atoms with Gasteiger partial charge in [-0.05, 0) is 42.9 Å². The average Bonchev–Trinajstić information content (AvgIpc) is 2.46. The first kappa shape index (κ1) is 13.1. The molecule has 0 bridgehead atoms. The van der Waals surface area contributed by atoms with Crippen LogP contribution in [-0.4, -0.2) is 18.0 Å². The lowest BCUT2D eigenvalue weighted by Crippen LogP contribution is -2.23. The number of aromatic nitrogens is 2. The number of aromatic amines is 1. The van der Waals surface area contributed by atoms with Crippen molar-refractivity contribution in [1.82, 2.24) is 10.2 Å². The van der Waals surface area contributed by atoms with Crippen LogP contribution in [0.2, 0.25) is 0 Å². The Morgan fingerprint density at radius 2 is 2.00 bits per heavy atom. The minimum Gasteiger partial charge on any atom is -0.268 e. The second-order valence-electron chi connectivity index (χ2n) is 5.20. The van der Waals surface area contributed by atoms with Crippen LogP contribution in [0, 0.1) is 5.82 Å². The van der Waals surface area contributed by atoms with E-state index in [0.29, 0.717) is 6.42 Å². The molecule has 2 radical (unpaired) electrons. The van der Waals surface area contributed by atoms with Crippen molar-refractivity contribution in [3.05, 3.63) is 56.8 Å². The largest absolute Gasteiger partial charge is 0.268 e. The van der Waals surface area contributed by atoms with Gasteiger partial charge in [-0.1, -0.05) is 17.6 Å². The normalized spacial score (nSPS) is 14.1. The summed E-state index contributed by atoms with van der Waals surface area (Å²) in [5.41, 5.74) is 3.74. The van der Waals surface area contributed by atoms with Crippen molar-refractivity contribution in [2.45, 2.75) is 32.1 Å². The van der Waals surface area contributed by atoms with Gasteiger partial charge in [0.05, 0.1) is 5.69 Å². The second kappa shape index (κ2) is 5.23. The number of H-pyrrole nitrogens is 1. The van der Waals surface area contributed by atoms with E-state index in [4.69, 9.17) is 7.85 Å². The molecule has 3 nitrogen and oxygen atoms in total. The summed E-state index contributed by atoms with van der Waals surface area (Å²) in [5, 5.41) is 6.73. The highest BCUT2D eigenvalue weighted by Crippen LogP contribution is 2.21. The fraction of sp³-hybridized carbons (Fsp3) is 0.333. The summed E-state index contributed by atoms with van der Waals surface area (Å²) in [6.45, 7) is 0. The maximum Gasteiger partial charge on any atom is 0.267 e. The summed E-state index contributed by atoms with van der Waals surface area (Å²) in [5.74, 6) is -0.412. The molecule has 1 heterocycles. The Hall–Kier alpha value is -1.91. The summed E-state index contributed by atoms with van der Waals surface area (Å²) in [6, 6.07) is 4.69. The van der Waals surface area contributed by atoms with Gasteiger partial charge in [0.1, 0.15) is 13.7 Å². The van der Waals surface area contributed by atoms with E-state index in [0.717, 1.165) is 48.1 Å². The van der Waals surface area contributed by atoms with Crippen molar-refractivity contribution in [1.29, 1.82) is 0 Å². The fourth-order valence-corrected chi connectivity index (χ4v) is 2.77. The van der Waals surface area contributed by atoms with Crippen LogP contribution in [0.15, 0.2) is 23.0 Å². The number of fused-ring (bicyclic) bond motifs is 1. The van der Waals surface area contributed by atoms with E-state index in [1.54, 1.807) is 12.1 Å². The summed E-state index contributed by atoms with van der Waals surface area (Å²) < 4.78 is 13.2. The number of rotatable bonds is 2. The number of hydrogen-bond acceptors (Lipinski definition) is 2. The quantitative estimate of drug-likeness (QED) is 0.831. The molecule has 1 N–H and O–H groups in total. The number of nitrogens with one attached hydrogen (secondary N) is 1. The molecule has 0 aliphatic heterocycles. The Kier molecular flexibility index (Phi) is 3.43. The molecule has 0 amide bonds. The lowest BCUT2D eigenvalue weighted by Gasteiger charge is -2.17. The fourth-order valence-electron chi connectivity index (χ4n) is 2.77. The molecule has 0 unspecified atom stereocenters. The molecule has 0 fully saturated rings. The lowest BCUT2D eigenvalue weighted by molar-refractivity contribution is 0.635. The van der Waals surface area contributed by atoms with Crippen LogP contribution >= 0.6 is 0 Å². The highest BCUT2D eigenvalue weighted by Gasteiger charge is 2.17. The molecular weight excluding hydrogens is 254 g/mol. The Labute approximate surface area is 117 Å². The lowest BCUT2D eigenvalue weighted by atomic mass is 9.88. The maximum atomic E-state index is 13.2. The van der Waals surface area contributed by atoms with Gasteiger partial charge >= 0.3 is 0 Å². The van der Waals surface area contributed by atoms with E-state index in [2.05, 4.69) is 10.2 Å². The minimum absolute atomic E-state index is 0.0814. The highest BCUT2D eigenvalue weighted by atomic mass is 19.1. The van der Waals surface area contributed by atoms with E-state index >= 15 is 0 Å². The Bertz CT molecular complexity index is 712. The highest BCUT2D eigenvalue weighted by molar-refractivity contribution is 6.32. The van der Waals surface area contributed by atoms with Gasteiger partial charge in [0.25, 0.3) is 5.56 Å². The molecule has 1 aliphatic rings. The molecule has 0 spiro atoms. The number of hydrogen-bond donors (Lipinski definition) is 1. The van der Waals surface area contributed by atoms with Crippen molar-refractivity contribution in [2.24, 2.45) is 0 Å². The number of benzene rings is 1. The Balaban J connectivity index is 1.98. The van der Waals surface area contributed by atoms with E-state index in [9.17, 15) is 9.18 Å². The molecule has 1 aromatic heterocycles. The van der Waals surface area contributed by atoms with Gasteiger partial charge < -0.3 is 0 Å². The van der Waals surface area contributed by atoms with E-state index in [1.807, 2.05) is 0 Å². The molecule has 20 heavy (non-hydrogen) atoms. The van der Waals surface area contributed by atoms with Crippen LogP contribution in [0.4, 0.5) is 4.39 Å². The summed E-state index contributed by atoms with van der Waals surface area (Å²) in [4.78, 5) is 11.8. The standard InChI is InChI=1S/C15H14BFN2O/c16-12-7-9(5-6-13(12)17)8-14-10-3-1-2-4-11(10)15(20)19-18-14/h5-7H,1-4,8H2,(H,19,20). The zero-order chi connectivity index (χ0) is 14.1. The average molecular weight is 268 g/mol. The molecule has 1 aliphatic carbocycles. The predicted octanol–water partition coefficient (Wildman–Crippen LogP) is 1.17. The van der Waals surface area contributed by atoms with E-state index in [-0.39, 0.29) is 11.0 Å². The van der Waals surface area contributed by atoms with Crippen LogP contribution in [0.25, 0.3) is 0 Å². The SMILES string of the molecule is [B]c1cc(Cc2n[nH]c(=O)c3c2CCCC3)ccc1F. The zero-order valence-corrected chi connectivity index (χ0v) is 11.1. The van der Waals surface area contributed by atoms with Crippen molar-refractivity contribution < 1.29 is 4.39 Å². The molecule has 0 saturated heterocycles. The van der Waals surface area contributed by atoms with Crippen molar-refractivity contribution >= 4 is 13.3 Å². The van der Waals surface area contributed by atoms with Gasteiger partial charge in [0.15, 0.2) is 0 Å². The van der Waals surface area contributed by atoms with Gasteiger partial charge in [0.2, 0.25) is 0 Å². The van der Waals surface area contributed by atoms with Crippen LogP contribution in [0.5, 0.6) is 0 Å². The van der Waals surface area contributed by atoms with Crippen LogP contribution in [-0.2, 0) is 19.3 Å². The number of nitrogens with zero attached hydrogens (tertiary/aromatic N) is 1. The van der Waals surface area contributed by atoms with Crippen molar-refractivity contribution in [2.75, 3.05) is 0 Å². The number of halogens is 1. The van der Waals surface area contributed by atoms with Crippen LogP contribution < -0.4 is 11.0 Å². The summed E-state index contributed by atoms with van der Waals surface area (Å²) in [7, 11) is 5.58. The molecule has 0 saturated carbocycles. The minimum atomic E-state index is -0.412. The summed E-state index contributed by atoms with van der Waals surface area (Å²) in [6.07, 6.45) is 4.38. The van der Waals surface area contributed by atoms with Crippen molar-refractivity contribution in [3.63, 3.8) is 0 Å². The first-order valence-electron chi connectivity index (χ1n) is 6.78. The molecule has 0 atom stereocenters. The van der Waals surface area contributed by atoms with E-state index < -0.39 is 5.82 Å². The Morgan fingerprint density at radius 1 is 1.25 bits per heavy atom. The first-order chi connectivity index (χ1) is 9.65. The monoisotopic (exact) mass is 268 g/mol. The molecule has 3 rings (SSSR count). The van der Waals surface area contributed by atoms with Gasteiger partial charge in [-0.2, -0.15) is 5.10 Å². The smallest absolute Gasteiger partial charge is 0.267 e. The Morgan fingerprint density at radius 3 is 2.75 bits per heavy atom. The molecule has 1 aromatic carbocycles. The van der Waals surface area contributed by atoms with E-state index in [1.165, 1.54) is 6.07 Å². The molecule has 5 heteroatoms. The summed E-state index contributed by atoms with van der Waals surface area (Å²) >= 11 is 0. The van der Waals surface area contributed by atoms with Gasteiger partial charge in [-0.3, -0.25) is 4.79 Å². The van der Waals surface area contributed by atoms with Gasteiger partial charge in [-0.15, -0.1) is 0 Å². The third kappa shape index (κ3) is 2.40. The van der Waals surface area contributed by atoms with Crippen LogP contribution in [0.1, 0.15) is 35.2 Å². The third-order valence-corrected chi connectivity index (χ3v) is 3.81. The topological polar surface area (TPSA) is 45.8 Å². The maximum absolute atomic E-state index is 13.2. The first-order valence-corrected chi connectivity index (χ1v) is 6.78. The molecule has 2 aromatic rings. The molecule has 100 valence electrons. The zero-order valence-electron chi connectivity index (χ0n) is 11.1. The van der Waals surface area contributed by atoms with Gasteiger partial charge in [0, 0.05) is 12.0 Å².